The monoisotopic (exact) mass is 327 g/mol. The summed E-state index contributed by atoms with van der Waals surface area (Å²) in [6, 6.07) is 19.2. The lowest BCUT2D eigenvalue weighted by Gasteiger charge is -2.01. The van der Waals surface area contributed by atoms with Crippen LogP contribution in [0.1, 0.15) is 27.0 Å². The number of rotatable bonds is 5. The van der Waals surface area contributed by atoms with Crippen molar-refractivity contribution in [2.75, 3.05) is 0 Å². The van der Waals surface area contributed by atoms with Gasteiger partial charge >= 0.3 is 0 Å². The maximum atomic E-state index is 12.5. The number of hydrogen-bond acceptors (Lipinski definition) is 3. The highest BCUT2D eigenvalue weighted by Crippen LogP contribution is 2.14. The average Bonchev–Trinajstić information content (AvgIpc) is 3.07. The second kappa shape index (κ2) is 7.41. The molecule has 0 N–H and O–H groups in total. The molecule has 25 heavy (non-hydrogen) atoms. The summed E-state index contributed by atoms with van der Waals surface area (Å²) in [5.74, 6) is -0.276. The van der Waals surface area contributed by atoms with E-state index in [4.69, 9.17) is 0 Å². The molecule has 4 heteroatoms. The average molecular weight is 327 g/mol. The number of hydrogen-bond donors (Lipinski definition) is 0. The van der Waals surface area contributed by atoms with Crippen LogP contribution >= 0.6 is 0 Å². The Morgan fingerprint density at radius 2 is 2.00 bits per heavy atom. The molecular formula is C21H17N3O. The van der Waals surface area contributed by atoms with Crippen molar-refractivity contribution in [1.29, 1.82) is 5.26 Å². The van der Waals surface area contributed by atoms with Crippen molar-refractivity contribution < 1.29 is 4.79 Å². The molecule has 2 aromatic carbocycles. The fourth-order valence-corrected chi connectivity index (χ4v) is 2.57. The Kier molecular flexibility index (Phi) is 4.87. The summed E-state index contributed by atoms with van der Waals surface area (Å²) in [6.45, 7) is 2.56. The van der Waals surface area contributed by atoms with Crippen molar-refractivity contribution >= 4 is 11.9 Å². The molecule has 0 aliphatic heterocycles. The number of benzene rings is 2. The van der Waals surface area contributed by atoms with Crippen molar-refractivity contribution in [3.05, 3.63) is 94.8 Å². The van der Waals surface area contributed by atoms with Crippen molar-refractivity contribution in [3.8, 4) is 6.07 Å². The molecule has 3 aromatic rings. The molecule has 0 unspecified atom stereocenters. The van der Waals surface area contributed by atoms with Crippen molar-refractivity contribution in [3.63, 3.8) is 0 Å². The van der Waals surface area contributed by atoms with Gasteiger partial charge in [-0.25, -0.2) is 0 Å². The fraction of sp³-hybridized carbons (Fsp3) is 0.0952. The Morgan fingerprint density at radius 3 is 2.72 bits per heavy atom. The Morgan fingerprint density at radius 1 is 1.20 bits per heavy atom. The second-order valence-corrected chi connectivity index (χ2v) is 5.83. The number of nitriles is 1. The van der Waals surface area contributed by atoms with Crippen LogP contribution in [0.4, 0.5) is 0 Å². The number of Topliss-reactive ketones (excluding diaryl/α,β-unsaturated/α-hetero) is 1. The zero-order chi connectivity index (χ0) is 17.6. The third kappa shape index (κ3) is 4.10. The highest BCUT2D eigenvalue weighted by atomic mass is 16.1. The molecule has 3 rings (SSSR count). The van der Waals surface area contributed by atoms with E-state index < -0.39 is 0 Å². The maximum Gasteiger partial charge on any atom is 0.203 e. The van der Waals surface area contributed by atoms with Crippen LogP contribution in [0.25, 0.3) is 6.08 Å². The van der Waals surface area contributed by atoms with Crippen LogP contribution in [0.2, 0.25) is 0 Å². The summed E-state index contributed by atoms with van der Waals surface area (Å²) in [6.07, 6.45) is 5.07. The molecule has 0 spiro atoms. The zero-order valence-corrected chi connectivity index (χ0v) is 13.9. The summed E-state index contributed by atoms with van der Waals surface area (Å²) in [4.78, 5) is 12.5. The van der Waals surface area contributed by atoms with Gasteiger partial charge in [0.15, 0.2) is 0 Å². The van der Waals surface area contributed by atoms with E-state index >= 15 is 0 Å². The summed E-state index contributed by atoms with van der Waals surface area (Å²) in [5.41, 5.74) is 3.47. The van der Waals surface area contributed by atoms with Crippen LogP contribution in [0.5, 0.6) is 0 Å². The Hall–Kier alpha value is -3.45. The highest BCUT2D eigenvalue weighted by Gasteiger charge is 2.12. The molecule has 1 heterocycles. The minimum absolute atomic E-state index is 0.102. The molecule has 0 atom stereocenters. The van der Waals surface area contributed by atoms with E-state index in [-0.39, 0.29) is 11.4 Å². The first kappa shape index (κ1) is 16.4. The minimum Gasteiger partial charge on any atom is -0.288 e. The first-order valence-electron chi connectivity index (χ1n) is 7.95. The third-order valence-corrected chi connectivity index (χ3v) is 3.80. The zero-order valence-electron chi connectivity index (χ0n) is 13.9. The van der Waals surface area contributed by atoms with Gasteiger partial charge in [0.25, 0.3) is 0 Å². The van der Waals surface area contributed by atoms with Gasteiger partial charge in [-0.05, 0) is 24.6 Å². The normalized spacial score (nSPS) is 11.1. The van der Waals surface area contributed by atoms with Gasteiger partial charge in [0.2, 0.25) is 5.78 Å². The lowest BCUT2D eigenvalue weighted by molar-refractivity contribution is 0.104. The largest absolute Gasteiger partial charge is 0.288 e. The number of carbonyl (C=O) groups excluding carboxylic acids is 1. The van der Waals surface area contributed by atoms with E-state index in [9.17, 15) is 10.1 Å². The van der Waals surface area contributed by atoms with Gasteiger partial charge in [0.05, 0.1) is 12.7 Å². The summed E-state index contributed by atoms with van der Waals surface area (Å²) in [7, 11) is 0. The number of nitrogens with zero attached hydrogens (tertiary/aromatic N) is 3. The van der Waals surface area contributed by atoms with Gasteiger partial charge in [0, 0.05) is 17.3 Å². The molecule has 0 aliphatic carbocycles. The summed E-state index contributed by atoms with van der Waals surface area (Å²) >= 11 is 0. The Balaban J connectivity index is 1.81. The van der Waals surface area contributed by atoms with E-state index in [1.54, 1.807) is 29.1 Å². The lowest BCUT2D eigenvalue weighted by atomic mass is 10.0. The van der Waals surface area contributed by atoms with Gasteiger partial charge in [-0.1, -0.05) is 54.1 Å². The molecule has 0 bridgehead atoms. The third-order valence-electron chi connectivity index (χ3n) is 3.80. The van der Waals surface area contributed by atoms with Crippen molar-refractivity contribution in [2.24, 2.45) is 0 Å². The van der Waals surface area contributed by atoms with Gasteiger partial charge in [-0.2, -0.15) is 10.4 Å². The quantitative estimate of drug-likeness (QED) is 0.404. The molecule has 0 radical (unpaired) electrons. The van der Waals surface area contributed by atoms with E-state index in [2.05, 4.69) is 5.10 Å². The molecule has 122 valence electrons. The highest BCUT2D eigenvalue weighted by molar-refractivity contribution is 6.14. The van der Waals surface area contributed by atoms with Crippen LogP contribution in [0, 0.1) is 18.3 Å². The SMILES string of the molecule is Cc1cccc(C(=O)/C(C#N)=C/c2cnn(Cc3ccccc3)c2)c1. The molecule has 0 saturated carbocycles. The van der Waals surface area contributed by atoms with E-state index in [0.29, 0.717) is 12.1 Å². The molecular weight excluding hydrogens is 310 g/mol. The second-order valence-electron chi connectivity index (χ2n) is 5.83. The van der Waals surface area contributed by atoms with Crippen LogP contribution in [-0.4, -0.2) is 15.6 Å². The van der Waals surface area contributed by atoms with Crippen molar-refractivity contribution in [2.45, 2.75) is 13.5 Å². The molecule has 0 amide bonds. The molecule has 1 aromatic heterocycles. The topological polar surface area (TPSA) is 58.7 Å². The fourth-order valence-electron chi connectivity index (χ4n) is 2.57. The van der Waals surface area contributed by atoms with Crippen LogP contribution in [-0.2, 0) is 6.54 Å². The number of aromatic nitrogens is 2. The molecule has 4 nitrogen and oxygen atoms in total. The first-order chi connectivity index (χ1) is 12.2. The van der Waals surface area contributed by atoms with Crippen LogP contribution < -0.4 is 0 Å². The number of carbonyl (C=O) groups is 1. The maximum absolute atomic E-state index is 12.5. The van der Waals surface area contributed by atoms with Gasteiger partial charge in [0.1, 0.15) is 11.6 Å². The summed E-state index contributed by atoms with van der Waals surface area (Å²) in [5, 5.41) is 13.7. The van der Waals surface area contributed by atoms with E-state index in [1.807, 2.05) is 61.7 Å². The summed E-state index contributed by atoms with van der Waals surface area (Å²) < 4.78 is 1.79. The number of aryl methyl sites for hydroxylation is 1. The smallest absolute Gasteiger partial charge is 0.203 e. The van der Waals surface area contributed by atoms with Crippen molar-refractivity contribution in [1.82, 2.24) is 9.78 Å². The van der Waals surface area contributed by atoms with Gasteiger partial charge in [-0.15, -0.1) is 0 Å². The van der Waals surface area contributed by atoms with E-state index in [1.165, 1.54) is 0 Å². The first-order valence-corrected chi connectivity index (χ1v) is 7.95. The standard InChI is InChI=1S/C21H17N3O/c1-16-6-5-9-19(10-16)21(25)20(12-22)11-18-13-23-24(15-18)14-17-7-3-2-4-8-17/h2-11,13,15H,14H2,1H3/b20-11+. The Labute approximate surface area is 146 Å². The minimum atomic E-state index is -0.276. The van der Waals surface area contributed by atoms with Gasteiger partial charge in [-0.3, -0.25) is 9.48 Å². The van der Waals surface area contributed by atoms with E-state index in [0.717, 1.165) is 16.7 Å². The molecule has 0 fully saturated rings. The lowest BCUT2D eigenvalue weighted by Crippen LogP contribution is -2.02. The molecule has 0 aliphatic rings. The predicted octanol–water partition coefficient (Wildman–Crippen LogP) is 4.03. The predicted molar refractivity (Wildman–Crippen MR) is 96.9 cm³/mol. The molecule has 0 saturated heterocycles. The van der Waals surface area contributed by atoms with Crippen LogP contribution in [0.3, 0.4) is 0 Å². The number of ketones is 1. The van der Waals surface area contributed by atoms with Gasteiger partial charge < -0.3 is 0 Å². The Bertz CT molecular complexity index is 962. The number of allylic oxidation sites excluding steroid dienone is 1. The van der Waals surface area contributed by atoms with Crippen LogP contribution in [0.15, 0.2) is 72.6 Å².